The molecule has 2 heterocycles. The SMILES string of the molecule is CC/C=C\C/C=C\C/C=C\C/C=C\C/C=C\CC(=O)OC(COCCCCCCCC/C=C\CCCCC)COC1OC(COC2OC(CO)C(O)C(O)C2O)C(O)C(O)C1O. The highest BCUT2D eigenvalue weighted by Gasteiger charge is 2.47. The van der Waals surface area contributed by atoms with Crippen molar-refractivity contribution in [1.29, 1.82) is 0 Å². The number of unbranched alkanes of at least 4 members (excludes halogenated alkanes) is 9. The van der Waals surface area contributed by atoms with Gasteiger partial charge < -0.3 is 64.2 Å². The number of aliphatic hydroxyl groups excluding tert-OH is 7. The van der Waals surface area contributed by atoms with Gasteiger partial charge in [0, 0.05) is 6.61 Å². The van der Waals surface area contributed by atoms with Crippen LogP contribution in [-0.4, -0.2) is 142 Å². The van der Waals surface area contributed by atoms with Crippen molar-refractivity contribution in [3.05, 3.63) is 72.9 Å². The van der Waals surface area contributed by atoms with E-state index in [-0.39, 0.29) is 19.6 Å². The second-order valence-electron chi connectivity index (χ2n) is 15.9. The van der Waals surface area contributed by atoms with E-state index in [1.165, 1.54) is 38.5 Å². The molecular formula is C48H80O14. The fourth-order valence-electron chi connectivity index (χ4n) is 6.71. The first-order valence-corrected chi connectivity index (χ1v) is 23.0. The molecule has 0 bridgehead atoms. The maximum atomic E-state index is 12.9. The first kappa shape index (κ1) is 55.6. The summed E-state index contributed by atoms with van der Waals surface area (Å²) in [7, 11) is 0. The van der Waals surface area contributed by atoms with Crippen LogP contribution in [-0.2, 0) is 33.2 Å². The molecule has 2 aliphatic heterocycles. The number of hydrogen-bond acceptors (Lipinski definition) is 14. The Morgan fingerprint density at radius 3 is 1.63 bits per heavy atom. The molecule has 0 aliphatic carbocycles. The Kier molecular flexibility index (Phi) is 32.0. The minimum Gasteiger partial charge on any atom is -0.457 e. The lowest BCUT2D eigenvalue weighted by molar-refractivity contribution is -0.332. The van der Waals surface area contributed by atoms with Gasteiger partial charge in [0.05, 0.1) is 32.8 Å². The van der Waals surface area contributed by atoms with Crippen LogP contribution in [0.3, 0.4) is 0 Å². The monoisotopic (exact) mass is 881 g/mol. The second-order valence-corrected chi connectivity index (χ2v) is 15.9. The summed E-state index contributed by atoms with van der Waals surface area (Å²) in [5.41, 5.74) is 0. The van der Waals surface area contributed by atoms with Crippen LogP contribution in [0.25, 0.3) is 0 Å². The lowest BCUT2D eigenvalue weighted by atomic mass is 9.98. The molecule has 7 N–H and O–H groups in total. The average Bonchev–Trinajstić information content (AvgIpc) is 3.27. The highest BCUT2D eigenvalue weighted by Crippen LogP contribution is 2.26. The average molecular weight is 881 g/mol. The highest BCUT2D eigenvalue weighted by atomic mass is 16.7. The molecule has 0 radical (unpaired) electrons. The van der Waals surface area contributed by atoms with Gasteiger partial charge in [0.2, 0.25) is 0 Å². The van der Waals surface area contributed by atoms with Crippen LogP contribution in [0.5, 0.6) is 0 Å². The zero-order valence-corrected chi connectivity index (χ0v) is 37.3. The lowest BCUT2D eigenvalue weighted by Crippen LogP contribution is -2.61. The lowest BCUT2D eigenvalue weighted by Gasteiger charge is -2.42. The third-order valence-corrected chi connectivity index (χ3v) is 10.5. The first-order chi connectivity index (χ1) is 30.1. The van der Waals surface area contributed by atoms with Crippen molar-refractivity contribution in [3.63, 3.8) is 0 Å². The Balaban J connectivity index is 1.86. The van der Waals surface area contributed by atoms with E-state index in [9.17, 15) is 40.5 Å². The largest absolute Gasteiger partial charge is 0.457 e. The minimum atomic E-state index is -1.73. The van der Waals surface area contributed by atoms with Gasteiger partial charge in [0.1, 0.15) is 54.9 Å². The number of allylic oxidation sites excluding steroid dienone is 11. The molecule has 14 nitrogen and oxygen atoms in total. The molecule has 11 atom stereocenters. The predicted octanol–water partition coefficient (Wildman–Crippen LogP) is 5.56. The summed E-state index contributed by atoms with van der Waals surface area (Å²) in [5, 5.41) is 71.9. The van der Waals surface area contributed by atoms with Crippen LogP contribution >= 0.6 is 0 Å². The summed E-state index contributed by atoms with van der Waals surface area (Å²) in [6.45, 7) is 3.37. The fourth-order valence-corrected chi connectivity index (χ4v) is 6.71. The van der Waals surface area contributed by atoms with Gasteiger partial charge in [0.15, 0.2) is 12.6 Å². The predicted molar refractivity (Wildman–Crippen MR) is 238 cm³/mol. The number of aliphatic hydroxyl groups is 7. The third-order valence-electron chi connectivity index (χ3n) is 10.5. The van der Waals surface area contributed by atoms with Crippen LogP contribution in [0.1, 0.15) is 123 Å². The molecular weight excluding hydrogens is 801 g/mol. The van der Waals surface area contributed by atoms with Crippen molar-refractivity contribution in [2.75, 3.05) is 33.0 Å². The van der Waals surface area contributed by atoms with Gasteiger partial charge in [0.25, 0.3) is 0 Å². The van der Waals surface area contributed by atoms with E-state index in [2.05, 4.69) is 68.5 Å². The number of esters is 1. The van der Waals surface area contributed by atoms with Crippen molar-refractivity contribution < 1.29 is 69.0 Å². The standard InChI is InChI=1S/C48H80O14/c1-3-5-7-9-11-13-15-17-18-19-21-23-25-27-29-31-40(50)60-37(34-57-32-30-28-26-24-22-20-16-14-12-10-8-6-4-2)35-58-47-46(56)44(54)42(52)39(62-47)36-59-48-45(55)43(53)41(51)38(33-49)61-48/h5,7,11-14,17-18,21,23,27,29,37-39,41-49,51-56H,3-4,6,8-10,15-16,19-20,22,24-26,28,30-36H2,1-2H3/b7-5-,13-11-,14-12-,18-17-,23-21-,29-27-. The van der Waals surface area contributed by atoms with Crippen LogP contribution < -0.4 is 0 Å². The topological polar surface area (TPSA) is 214 Å². The summed E-state index contributed by atoms with van der Waals surface area (Å²) < 4.78 is 34.0. The van der Waals surface area contributed by atoms with Crippen molar-refractivity contribution in [2.45, 2.75) is 191 Å². The molecule has 2 aliphatic rings. The second kappa shape index (κ2) is 35.7. The number of ether oxygens (including phenoxy) is 6. The molecule has 0 amide bonds. The number of hydrogen-bond donors (Lipinski definition) is 7. The number of carbonyl (C=O) groups excluding carboxylic acids is 1. The Hall–Kier alpha value is -2.57. The van der Waals surface area contributed by atoms with E-state index < -0.39 is 86.7 Å². The van der Waals surface area contributed by atoms with Crippen LogP contribution in [0.2, 0.25) is 0 Å². The minimum absolute atomic E-state index is 0.0135. The zero-order valence-electron chi connectivity index (χ0n) is 37.3. The molecule has 2 fully saturated rings. The molecule has 0 aromatic heterocycles. The third kappa shape index (κ3) is 23.9. The van der Waals surface area contributed by atoms with Gasteiger partial charge >= 0.3 is 5.97 Å². The van der Waals surface area contributed by atoms with Gasteiger partial charge in [-0.15, -0.1) is 0 Å². The quantitative estimate of drug-likeness (QED) is 0.0240. The van der Waals surface area contributed by atoms with Gasteiger partial charge in [-0.05, 0) is 64.2 Å². The van der Waals surface area contributed by atoms with E-state index in [4.69, 9.17) is 28.4 Å². The molecule has 62 heavy (non-hydrogen) atoms. The van der Waals surface area contributed by atoms with Crippen molar-refractivity contribution in [1.82, 2.24) is 0 Å². The summed E-state index contributed by atoms with van der Waals surface area (Å²) in [6, 6.07) is 0. The van der Waals surface area contributed by atoms with Crippen LogP contribution in [0.15, 0.2) is 72.9 Å². The van der Waals surface area contributed by atoms with Gasteiger partial charge in [-0.3, -0.25) is 4.79 Å². The Morgan fingerprint density at radius 1 is 0.548 bits per heavy atom. The molecule has 11 unspecified atom stereocenters. The maximum Gasteiger partial charge on any atom is 0.310 e. The van der Waals surface area contributed by atoms with Crippen LogP contribution in [0.4, 0.5) is 0 Å². The summed E-state index contributed by atoms with van der Waals surface area (Å²) in [5.74, 6) is -0.509. The zero-order chi connectivity index (χ0) is 45.2. The van der Waals surface area contributed by atoms with E-state index in [1.54, 1.807) is 6.08 Å². The van der Waals surface area contributed by atoms with Crippen molar-refractivity contribution in [2.24, 2.45) is 0 Å². The van der Waals surface area contributed by atoms with E-state index in [0.717, 1.165) is 57.8 Å². The number of carbonyl (C=O) groups is 1. The molecule has 14 heteroatoms. The maximum absolute atomic E-state index is 12.9. The summed E-state index contributed by atoms with van der Waals surface area (Å²) in [6.07, 6.45) is 25.7. The van der Waals surface area contributed by atoms with E-state index >= 15 is 0 Å². The fraction of sp³-hybridized carbons (Fsp3) is 0.729. The normalized spacial score (nSPS) is 27.9. The van der Waals surface area contributed by atoms with Gasteiger partial charge in [-0.25, -0.2) is 0 Å². The van der Waals surface area contributed by atoms with Crippen molar-refractivity contribution >= 4 is 5.97 Å². The molecule has 2 rings (SSSR count). The Bertz CT molecular complexity index is 1300. The van der Waals surface area contributed by atoms with Gasteiger partial charge in [-0.2, -0.15) is 0 Å². The van der Waals surface area contributed by atoms with Crippen molar-refractivity contribution in [3.8, 4) is 0 Å². The highest BCUT2D eigenvalue weighted by molar-refractivity contribution is 5.71. The molecule has 2 saturated heterocycles. The summed E-state index contributed by atoms with van der Waals surface area (Å²) in [4.78, 5) is 12.9. The Labute approximate surface area is 370 Å². The van der Waals surface area contributed by atoms with E-state index in [1.807, 2.05) is 12.2 Å². The molecule has 0 spiro atoms. The molecule has 356 valence electrons. The number of rotatable bonds is 34. The molecule has 0 aromatic rings. The van der Waals surface area contributed by atoms with Gasteiger partial charge in [-0.1, -0.05) is 125 Å². The first-order valence-electron chi connectivity index (χ1n) is 23.0. The summed E-state index contributed by atoms with van der Waals surface area (Å²) >= 11 is 0. The molecule has 0 saturated carbocycles. The van der Waals surface area contributed by atoms with Crippen LogP contribution in [0, 0.1) is 0 Å². The molecule has 0 aromatic carbocycles. The smallest absolute Gasteiger partial charge is 0.310 e. The Morgan fingerprint density at radius 2 is 1.05 bits per heavy atom. The van der Waals surface area contributed by atoms with E-state index in [0.29, 0.717) is 13.0 Å².